The molecule has 2 rings (SSSR count). The fourth-order valence-electron chi connectivity index (χ4n) is 1.37. The Kier molecular flexibility index (Phi) is 1.34. The summed E-state index contributed by atoms with van der Waals surface area (Å²) in [6.07, 6.45) is -2.71. The van der Waals surface area contributed by atoms with E-state index >= 15 is 0 Å². The first kappa shape index (κ1) is 3.93. The molecule has 0 spiro atoms. The summed E-state index contributed by atoms with van der Waals surface area (Å²) in [5.74, 6) is 0. The van der Waals surface area contributed by atoms with E-state index in [1.165, 1.54) is 0 Å². The lowest BCUT2D eigenvalue weighted by Crippen LogP contribution is -2.20. The van der Waals surface area contributed by atoms with Crippen molar-refractivity contribution in [1.29, 1.82) is 0 Å². The lowest BCUT2D eigenvalue weighted by molar-refractivity contribution is 0.0638. The molecule has 0 saturated carbocycles. The third-order valence-electron chi connectivity index (χ3n) is 2.19. The minimum Gasteiger partial charge on any atom is -0.366 e. The summed E-state index contributed by atoms with van der Waals surface area (Å²) in [6.45, 7) is -10.7. The molecule has 0 aliphatic heterocycles. The molecule has 0 radical (unpaired) electrons. The molecule has 1 heterocycles. The van der Waals surface area contributed by atoms with E-state index in [1.54, 1.807) is 0 Å². The Bertz CT molecular complexity index is 1040. The predicted octanol–water partition coefficient (Wildman–Crippen LogP) is 2.09. The van der Waals surface area contributed by atoms with Crippen LogP contribution in [-0.4, -0.2) is 41.8 Å². The lowest BCUT2D eigenvalue weighted by atomic mass is 10.1. The van der Waals surface area contributed by atoms with Gasteiger partial charge in [0, 0.05) is 32.0 Å². The van der Waals surface area contributed by atoms with Crippen LogP contribution in [0.25, 0.3) is 0 Å². The van der Waals surface area contributed by atoms with Gasteiger partial charge in [0.15, 0.2) is 0 Å². The number of hydrogen-bond acceptors (Lipinski definition) is 3. The van der Waals surface area contributed by atoms with Crippen molar-refractivity contribution in [2.75, 3.05) is 27.1 Å². The number of aryl methyl sites for hydroxylation is 1. The summed E-state index contributed by atoms with van der Waals surface area (Å²) in [5.41, 5.74) is -1.24. The second kappa shape index (κ2) is 6.50. The summed E-state index contributed by atoms with van der Waals surface area (Å²) in [4.78, 5) is 0.150. The molecule has 0 N–H and O–H groups in total. The fraction of sp³-hybridized carbons (Fsp3) is 0.400. The highest BCUT2D eigenvalue weighted by atomic mass is 16.5. The summed E-state index contributed by atoms with van der Waals surface area (Å²) in [7, 11) is 0. The Morgan fingerprint density at radius 1 is 1.37 bits per heavy atom. The predicted molar refractivity (Wildman–Crippen MR) is 76.0 cm³/mol. The minimum absolute atomic E-state index is 0.150. The summed E-state index contributed by atoms with van der Waals surface area (Å²) in [5, 5.41) is 3.48. The van der Waals surface area contributed by atoms with Crippen LogP contribution in [0.2, 0.25) is 0 Å². The van der Waals surface area contributed by atoms with Gasteiger partial charge in [0.2, 0.25) is 0 Å². The Morgan fingerprint density at radius 2 is 2.21 bits per heavy atom. The Balaban J connectivity index is 2.71. The topological polar surface area (TPSA) is 30.3 Å². The number of hydrogen-bond donors (Lipinski definition) is 0. The van der Waals surface area contributed by atoms with Gasteiger partial charge in [-0.25, -0.2) is 0 Å². The lowest BCUT2D eigenvalue weighted by Gasteiger charge is -2.20. The molecule has 1 aromatic heterocycles. The van der Waals surface area contributed by atoms with Crippen molar-refractivity contribution in [1.82, 2.24) is 14.7 Å². The van der Waals surface area contributed by atoms with Gasteiger partial charge in [-0.1, -0.05) is 30.2 Å². The van der Waals surface area contributed by atoms with Crippen LogP contribution in [0.5, 0.6) is 0 Å². The highest BCUT2D eigenvalue weighted by molar-refractivity contribution is 5.25. The van der Waals surface area contributed by atoms with Crippen LogP contribution in [0.15, 0.2) is 42.4 Å². The number of aromatic nitrogens is 2. The van der Waals surface area contributed by atoms with Gasteiger partial charge >= 0.3 is 0 Å². The molecule has 1 unspecified atom stereocenters. The van der Waals surface area contributed by atoms with E-state index in [4.69, 9.17) is 26.7 Å². The molecule has 1 atom stereocenters. The van der Waals surface area contributed by atoms with Gasteiger partial charge in [-0.3, -0.25) is 4.68 Å². The van der Waals surface area contributed by atoms with Gasteiger partial charge < -0.3 is 9.64 Å². The van der Waals surface area contributed by atoms with Crippen molar-refractivity contribution in [2.45, 2.75) is 6.10 Å². The molecule has 19 heavy (non-hydrogen) atoms. The molecule has 1 aromatic carbocycles. The average Bonchev–Trinajstić information content (AvgIpc) is 2.99. The van der Waals surface area contributed by atoms with E-state index < -0.39 is 93.9 Å². The third kappa shape index (κ3) is 3.66. The fourth-order valence-corrected chi connectivity index (χ4v) is 1.37. The zero-order chi connectivity index (χ0) is 27.3. The molecule has 0 saturated heterocycles. The molecule has 4 nitrogen and oxygen atoms in total. The number of rotatable bonds is 6. The molecule has 4 heteroatoms. The molecular formula is C15H21N3O. The summed E-state index contributed by atoms with van der Waals surface area (Å²) < 4.78 is 129. The smallest absolute Gasteiger partial charge is 0.124 e. The van der Waals surface area contributed by atoms with Crippen molar-refractivity contribution in [2.24, 2.45) is 6.98 Å². The van der Waals surface area contributed by atoms with Gasteiger partial charge in [-0.15, -0.1) is 0 Å². The van der Waals surface area contributed by atoms with Gasteiger partial charge in [0.1, 0.15) is 6.10 Å². The minimum atomic E-state index is -3.07. The van der Waals surface area contributed by atoms with E-state index in [9.17, 15) is 0 Å². The second-order valence-corrected chi connectivity index (χ2v) is 3.47. The van der Waals surface area contributed by atoms with Crippen LogP contribution in [0.1, 0.15) is 39.3 Å². The van der Waals surface area contributed by atoms with E-state index in [2.05, 4.69) is 5.10 Å². The van der Waals surface area contributed by atoms with E-state index in [-0.39, 0.29) is 9.58 Å². The molecule has 0 bridgehead atoms. The van der Waals surface area contributed by atoms with Crippen LogP contribution < -0.4 is 0 Å². The quantitative estimate of drug-likeness (QED) is 0.808. The van der Waals surface area contributed by atoms with Crippen LogP contribution in [0.4, 0.5) is 0 Å². The Hall–Kier alpha value is -1.65. The molecule has 0 fully saturated rings. The van der Waals surface area contributed by atoms with Crippen LogP contribution >= 0.6 is 0 Å². The Morgan fingerprint density at radius 3 is 2.95 bits per heavy atom. The normalized spacial score (nSPS) is 27.0. The van der Waals surface area contributed by atoms with Crippen molar-refractivity contribution < 1.29 is 26.7 Å². The van der Waals surface area contributed by atoms with Gasteiger partial charge in [-0.2, -0.15) is 5.10 Å². The second-order valence-electron chi connectivity index (χ2n) is 3.47. The van der Waals surface area contributed by atoms with Crippen LogP contribution in [-0.2, 0) is 11.7 Å². The maximum Gasteiger partial charge on any atom is 0.124 e. The number of likely N-dealkylation sites (N-methyl/N-ethyl adjacent to an activating group) is 1. The first-order valence-electron chi connectivity index (χ1n) is 13.2. The Labute approximate surface area is 137 Å². The molecule has 0 amide bonds. The largest absolute Gasteiger partial charge is 0.366 e. The van der Waals surface area contributed by atoms with Crippen molar-refractivity contribution in [3.05, 3.63) is 53.7 Å². The van der Waals surface area contributed by atoms with E-state index in [1.807, 2.05) is 0 Å². The highest BCUT2D eigenvalue weighted by Crippen LogP contribution is 2.25. The van der Waals surface area contributed by atoms with Crippen molar-refractivity contribution in [3.63, 3.8) is 0 Å². The first-order valence-corrected chi connectivity index (χ1v) is 5.24. The van der Waals surface area contributed by atoms with E-state index in [0.29, 0.717) is 0 Å². The number of ether oxygens (including phenoxy) is 1. The van der Waals surface area contributed by atoms with Gasteiger partial charge in [0.25, 0.3) is 0 Å². The van der Waals surface area contributed by atoms with Crippen LogP contribution in [0, 0.1) is 0 Å². The molecule has 0 aliphatic rings. The zero-order valence-electron chi connectivity index (χ0n) is 25.7. The number of nitrogens with zero attached hydrogens (tertiary/aromatic N) is 3. The number of benzene rings is 1. The van der Waals surface area contributed by atoms with E-state index in [0.717, 1.165) is 0 Å². The zero-order valence-corrected chi connectivity index (χ0v) is 9.74. The highest BCUT2D eigenvalue weighted by Gasteiger charge is 2.17. The summed E-state index contributed by atoms with van der Waals surface area (Å²) >= 11 is 0. The molecule has 2 aromatic rings. The van der Waals surface area contributed by atoms with Gasteiger partial charge in [0.05, 0.1) is 21.9 Å². The molecule has 0 aliphatic carbocycles. The maximum absolute atomic E-state index is 8.22. The molecule has 102 valence electrons. The van der Waals surface area contributed by atoms with Crippen LogP contribution in [0.3, 0.4) is 0 Å². The first-order chi connectivity index (χ1) is 15.7. The van der Waals surface area contributed by atoms with Crippen molar-refractivity contribution >= 4 is 0 Å². The SMILES string of the molecule is [2H]c1nn(C([2H])([2H])[2H])c(C(OCCN(C([2H])([2H])[2H])C([2H])([2H])[2H])c2c([2H])c([2H])c([2H])c([2H])c2[2H])c1[2H]. The molecular weight excluding hydrogens is 238 g/mol. The van der Waals surface area contributed by atoms with Crippen molar-refractivity contribution in [3.8, 4) is 0 Å². The maximum atomic E-state index is 8.22. The standard InChI is InChI=1S/C15H21N3O/c1-17(2)11-12-19-15(13-7-5-4-6-8-13)14-9-10-16-18(14)3/h4-10,15H,11-12H2,1-3H3/i1D3,2D3,3D3,4D,5D,6D,7D,8D,9D,10D. The monoisotopic (exact) mass is 275 g/mol. The van der Waals surface area contributed by atoms with Gasteiger partial charge in [-0.05, 0) is 25.6 Å². The summed E-state index contributed by atoms with van der Waals surface area (Å²) in [6, 6.07) is -4.71. The third-order valence-corrected chi connectivity index (χ3v) is 2.19. The average molecular weight is 275 g/mol.